The highest BCUT2D eigenvalue weighted by molar-refractivity contribution is 7.09. The number of carbonyl (C=O) groups is 1. The molecule has 1 amide bonds. The van der Waals surface area contributed by atoms with Gasteiger partial charge in [-0.15, -0.1) is 11.3 Å². The summed E-state index contributed by atoms with van der Waals surface area (Å²) in [4.78, 5) is 16.3. The van der Waals surface area contributed by atoms with Crippen LogP contribution in [0.1, 0.15) is 17.7 Å². The Morgan fingerprint density at radius 3 is 2.73 bits per heavy atom. The van der Waals surface area contributed by atoms with Crippen LogP contribution < -0.4 is 14.8 Å². The summed E-state index contributed by atoms with van der Waals surface area (Å²) in [6, 6.07) is 11.8. The minimum absolute atomic E-state index is 0.0829. The predicted molar refractivity (Wildman–Crippen MR) is 102 cm³/mol. The molecule has 0 radical (unpaired) electrons. The number of benzene rings is 1. The fourth-order valence-corrected chi connectivity index (χ4v) is 4.23. The lowest BCUT2D eigenvalue weighted by Gasteiger charge is -2.32. The lowest BCUT2D eigenvalue weighted by atomic mass is 9.96. The van der Waals surface area contributed by atoms with Crippen molar-refractivity contribution in [2.24, 2.45) is 5.92 Å². The number of piperidine rings is 1. The van der Waals surface area contributed by atoms with Gasteiger partial charge in [0.25, 0.3) is 5.91 Å². The number of nitrogens with one attached hydrogen (secondary N) is 1. The van der Waals surface area contributed by atoms with E-state index in [1.807, 2.05) is 35.6 Å². The first kappa shape index (κ1) is 17.4. The van der Waals surface area contributed by atoms with E-state index in [0.717, 1.165) is 32.5 Å². The molecule has 1 saturated heterocycles. The molecule has 26 heavy (non-hydrogen) atoms. The van der Waals surface area contributed by atoms with Crippen molar-refractivity contribution in [3.63, 3.8) is 0 Å². The summed E-state index contributed by atoms with van der Waals surface area (Å²) < 4.78 is 11.4. The highest BCUT2D eigenvalue weighted by atomic mass is 32.1. The summed E-state index contributed by atoms with van der Waals surface area (Å²) in [6.45, 7) is 4.21. The summed E-state index contributed by atoms with van der Waals surface area (Å²) in [5.41, 5.74) is 0. The van der Waals surface area contributed by atoms with Gasteiger partial charge in [-0.3, -0.25) is 9.69 Å². The van der Waals surface area contributed by atoms with E-state index in [-0.39, 0.29) is 12.5 Å². The van der Waals surface area contributed by atoms with Crippen LogP contribution >= 0.6 is 11.3 Å². The van der Waals surface area contributed by atoms with E-state index in [1.54, 1.807) is 0 Å². The van der Waals surface area contributed by atoms with Crippen LogP contribution in [0, 0.1) is 5.92 Å². The third-order valence-corrected chi connectivity index (χ3v) is 5.89. The van der Waals surface area contributed by atoms with Gasteiger partial charge < -0.3 is 14.8 Å². The van der Waals surface area contributed by atoms with Crippen LogP contribution in [-0.2, 0) is 11.3 Å². The molecular weight excluding hydrogens is 348 g/mol. The van der Waals surface area contributed by atoms with Crippen molar-refractivity contribution >= 4 is 17.2 Å². The zero-order valence-corrected chi connectivity index (χ0v) is 15.5. The highest BCUT2D eigenvalue weighted by Crippen LogP contribution is 2.30. The number of likely N-dealkylation sites (tertiary alicyclic amines) is 1. The first-order chi connectivity index (χ1) is 12.8. The summed E-state index contributed by atoms with van der Waals surface area (Å²) in [5.74, 6) is 1.80. The standard InChI is InChI=1S/C20H24N2O3S/c23-20(19-14-24-17-5-1-2-6-18(17)25-19)21-12-15-7-9-22(10-8-15)13-16-4-3-11-26-16/h1-6,11,15,19H,7-10,12-14H2,(H,21,23)/t19-/m1/s1. The van der Waals surface area contributed by atoms with E-state index in [4.69, 9.17) is 9.47 Å². The number of hydrogen-bond donors (Lipinski definition) is 1. The Balaban J connectivity index is 1.20. The molecule has 2 aliphatic rings. The Labute approximate surface area is 157 Å². The van der Waals surface area contributed by atoms with Gasteiger partial charge in [-0.2, -0.15) is 0 Å². The van der Waals surface area contributed by atoms with Gasteiger partial charge in [0.15, 0.2) is 11.5 Å². The lowest BCUT2D eigenvalue weighted by Crippen LogP contribution is -2.46. The number of fused-ring (bicyclic) bond motifs is 1. The minimum Gasteiger partial charge on any atom is -0.485 e. The van der Waals surface area contributed by atoms with E-state index in [1.165, 1.54) is 4.88 Å². The first-order valence-corrected chi connectivity index (χ1v) is 10.1. The molecule has 2 aliphatic heterocycles. The molecule has 1 atom stereocenters. The molecule has 0 unspecified atom stereocenters. The molecule has 138 valence electrons. The predicted octanol–water partition coefficient (Wildman–Crippen LogP) is 2.92. The van der Waals surface area contributed by atoms with Crippen LogP contribution in [0.4, 0.5) is 0 Å². The Hall–Kier alpha value is -2.05. The van der Waals surface area contributed by atoms with Gasteiger partial charge in [-0.1, -0.05) is 18.2 Å². The van der Waals surface area contributed by atoms with E-state index >= 15 is 0 Å². The van der Waals surface area contributed by atoms with E-state index in [9.17, 15) is 4.79 Å². The lowest BCUT2D eigenvalue weighted by molar-refractivity contribution is -0.130. The molecule has 0 aliphatic carbocycles. The van der Waals surface area contributed by atoms with Crippen molar-refractivity contribution in [2.75, 3.05) is 26.2 Å². The number of amides is 1. The van der Waals surface area contributed by atoms with Gasteiger partial charge in [0.2, 0.25) is 6.10 Å². The first-order valence-electron chi connectivity index (χ1n) is 9.19. The molecule has 0 saturated carbocycles. The average molecular weight is 372 g/mol. The second-order valence-electron chi connectivity index (χ2n) is 6.91. The maximum Gasteiger partial charge on any atom is 0.264 e. The molecule has 0 spiro atoms. The Kier molecular flexibility index (Phi) is 5.41. The number of ether oxygens (including phenoxy) is 2. The minimum atomic E-state index is -0.566. The fraction of sp³-hybridized carbons (Fsp3) is 0.450. The number of para-hydroxylation sites is 2. The smallest absolute Gasteiger partial charge is 0.264 e. The second kappa shape index (κ2) is 8.10. The molecule has 1 aromatic carbocycles. The van der Waals surface area contributed by atoms with E-state index < -0.39 is 6.10 Å². The van der Waals surface area contributed by atoms with Crippen molar-refractivity contribution in [3.05, 3.63) is 46.7 Å². The van der Waals surface area contributed by atoms with Crippen LogP contribution in [0.5, 0.6) is 11.5 Å². The van der Waals surface area contributed by atoms with Gasteiger partial charge in [-0.25, -0.2) is 0 Å². The molecule has 1 fully saturated rings. The highest BCUT2D eigenvalue weighted by Gasteiger charge is 2.28. The second-order valence-corrected chi connectivity index (χ2v) is 7.94. The van der Waals surface area contributed by atoms with Gasteiger partial charge in [0.1, 0.15) is 6.61 Å². The molecule has 1 aromatic heterocycles. The number of carbonyl (C=O) groups excluding carboxylic acids is 1. The SMILES string of the molecule is O=C(NCC1CCN(Cc2cccs2)CC1)[C@H]1COc2ccccc2O1. The molecule has 0 bridgehead atoms. The van der Waals surface area contributed by atoms with Gasteiger partial charge in [-0.05, 0) is 55.4 Å². The number of nitrogens with zero attached hydrogens (tertiary/aromatic N) is 1. The fourth-order valence-electron chi connectivity index (χ4n) is 3.48. The zero-order valence-electron chi connectivity index (χ0n) is 14.7. The molecule has 2 aromatic rings. The monoisotopic (exact) mass is 372 g/mol. The molecule has 6 heteroatoms. The number of hydrogen-bond acceptors (Lipinski definition) is 5. The summed E-state index contributed by atoms with van der Waals surface area (Å²) in [6.07, 6.45) is 1.68. The Morgan fingerprint density at radius 2 is 1.96 bits per heavy atom. The molecule has 5 nitrogen and oxygen atoms in total. The van der Waals surface area contributed by atoms with Crippen molar-refractivity contribution in [1.82, 2.24) is 10.2 Å². The van der Waals surface area contributed by atoms with Crippen molar-refractivity contribution in [3.8, 4) is 11.5 Å². The van der Waals surface area contributed by atoms with Crippen LogP contribution in [0.15, 0.2) is 41.8 Å². The summed E-state index contributed by atoms with van der Waals surface area (Å²) in [5, 5.41) is 5.18. The summed E-state index contributed by atoms with van der Waals surface area (Å²) >= 11 is 1.82. The number of rotatable bonds is 5. The maximum atomic E-state index is 12.4. The van der Waals surface area contributed by atoms with Crippen LogP contribution in [0.25, 0.3) is 0 Å². The molecule has 1 N–H and O–H groups in total. The third kappa shape index (κ3) is 4.19. The van der Waals surface area contributed by atoms with Crippen molar-refractivity contribution < 1.29 is 14.3 Å². The normalized spacial score (nSPS) is 20.7. The Morgan fingerprint density at radius 1 is 1.15 bits per heavy atom. The Bertz CT molecular complexity index is 726. The molecule has 4 rings (SSSR count). The largest absolute Gasteiger partial charge is 0.485 e. The topological polar surface area (TPSA) is 50.8 Å². The summed E-state index contributed by atoms with van der Waals surface area (Å²) in [7, 11) is 0. The van der Waals surface area contributed by atoms with E-state index in [2.05, 4.69) is 27.7 Å². The van der Waals surface area contributed by atoms with Crippen LogP contribution in [-0.4, -0.2) is 43.2 Å². The van der Waals surface area contributed by atoms with Crippen LogP contribution in [0.2, 0.25) is 0 Å². The van der Waals surface area contributed by atoms with E-state index in [0.29, 0.717) is 24.0 Å². The quantitative estimate of drug-likeness (QED) is 0.877. The van der Waals surface area contributed by atoms with Gasteiger partial charge >= 0.3 is 0 Å². The number of thiophene rings is 1. The zero-order chi connectivity index (χ0) is 17.8. The van der Waals surface area contributed by atoms with Crippen LogP contribution in [0.3, 0.4) is 0 Å². The maximum absolute atomic E-state index is 12.4. The average Bonchev–Trinajstić information content (AvgIpc) is 3.20. The van der Waals surface area contributed by atoms with Gasteiger partial charge in [0, 0.05) is 18.0 Å². The molecule has 3 heterocycles. The molecular formula is C20H24N2O3S. The van der Waals surface area contributed by atoms with Crippen molar-refractivity contribution in [2.45, 2.75) is 25.5 Å². The third-order valence-electron chi connectivity index (χ3n) is 5.03. The van der Waals surface area contributed by atoms with Gasteiger partial charge in [0.05, 0.1) is 0 Å². The van der Waals surface area contributed by atoms with Crippen molar-refractivity contribution in [1.29, 1.82) is 0 Å².